The Labute approximate surface area is 264 Å². The van der Waals surface area contributed by atoms with Crippen molar-refractivity contribution >= 4 is 24.1 Å². The molecule has 1 unspecified atom stereocenters. The molecule has 3 aromatic carbocycles. The van der Waals surface area contributed by atoms with E-state index < -0.39 is 12.0 Å². The zero-order chi connectivity index (χ0) is 31.6. The second-order valence-electron chi connectivity index (χ2n) is 11.7. The highest BCUT2D eigenvalue weighted by atomic mass is 16.2. The average Bonchev–Trinajstić information content (AvgIpc) is 3.22. The summed E-state index contributed by atoms with van der Waals surface area (Å²) in [6, 6.07) is 27.6. The van der Waals surface area contributed by atoms with Crippen molar-refractivity contribution in [1.82, 2.24) is 15.5 Å². The van der Waals surface area contributed by atoms with Crippen LogP contribution in [0.2, 0.25) is 0 Å². The van der Waals surface area contributed by atoms with Gasteiger partial charge in [0, 0.05) is 43.7 Å². The lowest BCUT2D eigenvalue weighted by Gasteiger charge is -2.29. The molecule has 9 heteroatoms. The number of aldehydes is 1. The Kier molecular flexibility index (Phi) is 10.8. The van der Waals surface area contributed by atoms with Crippen molar-refractivity contribution in [3.63, 3.8) is 0 Å². The Bertz CT molecular complexity index is 1480. The third-order valence-corrected chi connectivity index (χ3v) is 8.72. The number of nitrogens with one attached hydrogen (secondary N) is 2. The molecule has 234 valence electrons. The predicted molar refractivity (Wildman–Crippen MR) is 177 cm³/mol. The van der Waals surface area contributed by atoms with Gasteiger partial charge in [-0.15, -0.1) is 0 Å². The Morgan fingerprint density at radius 3 is 2.33 bits per heavy atom. The summed E-state index contributed by atoms with van der Waals surface area (Å²) in [4.78, 5) is 45.5. The molecular formula is C36H42N6O3. The molecule has 9 nitrogen and oxygen atoms in total. The molecule has 1 aliphatic carbocycles. The number of guanidine groups is 1. The van der Waals surface area contributed by atoms with E-state index in [2.05, 4.69) is 39.9 Å². The normalized spacial score (nSPS) is 19.7. The molecule has 0 radical (unpaired) electrons. The summed E-state index contributed by atoms with van der Waals surface area (Å²) in [6.07, 6.45) is 5.13. The van der Waals surface area contributed by atoms with Gasteiger partial charge in [0.1, 0.15) is 6.29 Å². The molecule has 3 atom stereocenters. The van der Waals surface area contributed by atoms with Crippen LogP contribution >= 0.6 is 0 Å². The maximum atomic E-state index is 14.0. The Hall–Kier alpha value is -4.76. The standard InChI is InChI=1S/C36H42N6O3/c37-36(38)39-20-9-16-33-35(45)42(23-31(25-10-3-1-4-11-25)26-12-5-2-6-13-26)21-19-28(41-33)22-40-34(44)30-18-17-27-14-7-8-15-29(27)32(30)24-43/h1-8,10-15,18,24,28,31-33,41H,9,16-17,19-23H2,(H,40,44)(H4,37,38,39)/t28-,32?,33-/m0/s1. The summed E-state index contributed by atoms with van der Waals surface area (Å²) < 4.78 is 0. The third kappa shape index (κ3) is 8.05. The van der Waals surface area contributed by atoms with Crippen LogP contribution in [0.4, 0.5) is 0 Å². The minimum Gasteiger partial charge on any atom is -0.370 e. The van der Waals surface area contributed by atoms with Crippen LogP contribution in [0.1, 0.15) is 53.4 Å². The first-order valence-electron chi connectivity index (χ1n) is 15.7. The molecule has 0 spiro atoms. The number of benzene rings is 3. The molecule has 5 rings (SSSR count). The van der Waals surface area contributed by atoms with Gasteiger partial charge in [0.15, 0.2) is 5.96 Å². The van der Waals surface area contributed by atoms with Crippen LogP contribution in [-0.4, -0.2) is 67.2 Å². The van der Waals surface area contributed by atoms with Gasteiger partial charge in [0.25, 0.3) is 0 Å². The van der Waals surface area contributed by atoms with Crippen molar-refractivity contribution in [3.05, 3.63) is 119 Å². The lowest BCUT2D eigenvalue weighted by atomic mass is 9.82. The second kappa shape index (κ2) is 15.3. The molecule has 1 heterocycles. The van der Waals surface area contributed by atoms with Crippen molar-refractivity contribution in [1.29, 1.82) is 0 Å². The van der Waals surface area contributed by atoms with Crippen LogP contribution in [0.5, 0.6) is 0 Å². The minimum absolute atomic E-state index is 0.0104. The van der Waals surface area contributed by atoms with Gasteiger partial charge in [0.2, 0.25) is 11.8 Å². The molecular weight excluding hydrogens is 564 g/mol. The molecule has 0 saturated carbocycles. The smallest absolute Gasteiger partial charge is 0.248 e. The molecule has 1 fully saturated rings. The Balaban J connectivity index is 1.31. The van der Waals surface area contributed by atoms with Gasteiger partial charge in [-0.05, 0) is 47.9 Å². The van der Waals surface area contributed by atoms with E-state index in [-0.39, 0.29) is 29.7 Å². The summed E-state index contributed by atoms with van der Waals surface area (Å²) in [7, 11) is 0. The van der Waals surface area contributed by atoms with E-state index in [1.54, 1.807) is 0 Å². The maximum absolute atomic E-state index is 14.0. The van der Waals surface area contributed by atoms with Crippen molar-refractivity contribution in [2.75, 3.05) is 26.2 Å². The molecule has 3 aromatic rings. The number of hydrogen-bond donors (Lipinski definition) is 4. The van der Waals surface area contributed by atoms with Crippen LogP contribution in [0.15, 0.2) is 102 Å². The lowest BCUT2D eigenvalue weighted by Crippen LogP contribution is -2.49. The number of amides is 2. The number of carbonyl (C=O) groups is 3. The zero-order valence-electron chi connectivity index (χ0n) is 25.5. The average molecular weight is 607 g/mol. The number of rotatable bonds is 12. The highest BCUT2D eigenvalue weighted by Gasteiger charge is 2.33. The van der Waals surface area contributed by atoms with Gasteiger partial charge >= 0.3 is 0 Å². The van der Waals surface area contributed by atoms with E-state index >= 15 is 0 Å². The van der Waals surface area contributed by atoms with Crippen molar-refractivity contribution in [3.8, 4) is 0 Å². The topological polar surface area (TPSA) is 143 Å². The number of allylic oxidation sites excluding steroid dienone is 1. The molecule has 2 amide bonds. The van der Waals surface area contributed by atoms with Gasteiger partial charge < -0.3 is 31.8 Å². The maximum Gasteiger partial charge on any atom is 0.248 e. The van der Waals surface area contributed by atoms with Crippen LogP contribution < -0.4 is 22.1 Å². The highest BCUT2D eigenvalue weighted by Crippen LogP contribution is 2.31. The number of fused-ring (bicyclic) bond motifs is 1. The summed E-state index contributed by atoms with van der Waals surface area (Å²) in [5, 5.41) is 6.59. The number of hydrogen-bond acceptors (Lipinski definition) is 5. The molecule has 0 bridgehead atoms. The molecule has 1 aliphatic heterocycles. The van der Waals surface area contributed by atoms with Crippen molar-refractivity contribution < 1.29 is 14.4 Å². The first-order chi connectivity index (χ1) is 21.9. The minimum atomic E-state index is -0.592. The molecule has 1 saturated heterocycles. The summed E-state index contributed by atoms with van der Waals surface area (Å²) in [5.41, 5.74) is 15.7. The SMILES string of the molecule is NC(N)=NCCC[C@@H]1N[C@H](CNC(=O)C2=CCc3ccccc3C2C=O)CCN(CC(c2ccccc2)c2ccccc2)C1=O. The van der Waals surface area contributed by atoms with Crippen LogP contribution in [0.25, 0.3) is 0 Å². The molecule has 0 aromatic heterocycles. The zero-order valence-corrected chi connectivity index (χ0v) is 25.5. The number of carbonyl (C=O) groups excluding carboxylic acids is 3. The van der Waals surface area contributed by atoms with E-state index in [0.717, 1.165) is 28.5 Å². The summed E-state index contributed by atoms with van der Waals surface area (Å²) in [6.45, 7) is 1.83. The van der Waals surface area contributed by atoms with Gasteiger partial charge in [0.05, 0.1) is 12.0 Å². The van der Waals surface area contributed by atoms with E-state index in [4.69, 9.17) is 11.5 Å². The van der Waals surface area contributed by atoms with Crippen molar-refractivity contribution in [2.24, 2.45) is 16.5 Å². The fraction of sp³-hybridized carbons (Fsp3) is 0.333. The van der Waals surface area contributed by atoms with Crippen molar-refractivity contribution in [2.45, 2.75) is 49.6 Å². The number of nitrogens with zero attached hydrogens (tertiary/aromatic N) is 2. The first kappa shape index (κ1) is 31.7. The van der Waals surface area contributed by atoms with E-state index in [9.17, 15) is 14.4 Å². The lowest BCUT2D eigenvalue weighted by molar-refractivity contribution is -0.133. The molecule has 2 aliphatic rings. The molecule has 45 heavy (non-hydrogen) atoms. The van der Waals surface area contributed by atoms with E-state index in [1.807, 2.05) is 71.6 Å². The summed E-state index contributed by atoms with van der Waals surface area (Å²) >= 11 is 0. The third-order valence-electron chi connectivity index (χ3n) is 8.72. The van der Waals surface area contributed by atoms with E-state index in [1.165, 1.54) is 0 Å². The van der Waals surface area contributed by atoms with Gasteiger partial charge in [-0.1, -0.05) is 91.0 Å². The Morgan fingerprint density at radius 1 is 1.00 bits per heavy atom. The van der Waals surface area contributed by atoms with Crippen LogP contribution in [0, 0.1) is 0 Å². The van der Waals surface area contributed by atoms with E-state index in [0.29, 0.717) is 57.4 Å². The number of nitrogens with two attached hydrogens (primary N) is 2. The first-order valence-corrected chi connectivity index (χ1v) is 15.7. The largest absolute Gasteiger partial charge is 0.370 e. The molecule has 6 N–H and O–H groups in total. The second-order valence-corrected chi connectivity index (χ2v) is 11.7. The fourth-order valence-electron chi connectivity index (χ4n) is 6.36. The van der Waals surface area contributed by atoms with Gasteiger partial charge in [-0.2, -0.15) is 0 Å². The van der Waals surface area contributed by atoms with Crippen LogP contribution in [0.3, 0.4) is 0 Å². The van der Waals surface area contributed by atoms with Gasteiger partial charge in [-0.3, -0.25) is 14.6 Å². The van der Waals surface area contributed by atoms with Gasteiger partial charge in [-0.25, -0.2) is 0 Å². The quantitative estimate of drug-likeness (QED) is 0.108. The predicted octanol–water partition coefficient (Wildman–Crippen LogP) is 3.01. The highest BCUT2D eigenvalue weighted by molar-refractivity contribution is 5.99. The van der Waals surface area contributed by atoms with Crippen LogP contribution in [-0.2, 0) is 20.8 Å². The monoisotopic (exact) mass is 606 g/mol. The summed E-state index contributed by atoms with van der Waals surface area (Å²) in [5.74, 6) is -0.785. The Morgan fingerprint density at radius 2 is 1.67 bits per heavy atom. The fourth-order valence-corrected chi connectivity index (χ4v) is 6.36. The number of aliphatic imine (C=N–C) groups is 1.